The molecule has 5 heteroatoms. The molecule has 0 aromatic heterocycles. The van der Waals surface area contributed by atoms with Crippen LogP contribution in [0.5, 0.6) is 17.2 Å². The van der Waals surface area contributed by atoms with Crippen LogP contribution in [0, 0.1) is 13.8 Å². The Bertz CT molecular complexity index is 4520. The molecule has 0 unspecified atom stereocenters. The highest BCUT2D eigenvalue weighted by atomic mass is 19.4. The summed E-state index contributed by atoms with van der Waals surface area (Å²) >= 11 is 0. The molecule has 0 spiro atoms. The van der Waals surface area contributed by atoms with Crippen molar-refractivity contribution < 1.29 is 22.6 Å². The van der Waals surface area contributed by atoms with E-state index < -0.39 is 17.2 Å². The minimum atomic E-state index is -4.74. The summed E-state index contributed by atoms with van der Waals surface area (Å²) in [6.45, 7) is 4.30. The van der Waals surface area contributed by atoms with Crippen LogP contribution < -0.4 is 9.47 Å². The molecule has 0 fully saturated rings. The zero-order chi connectivity index (χ0) is 59.9. The molecule has 14 rings (SSSR count). The van der Waals surface area contributed by atoms with Crippen LogP contribution in [0.1, 0.15) is 38.9 Å². The van der Waals surface area contributed by atoms with E-state index in [-0.39, 0.29) is 11.5 Å². The average molecular weight is 1150 g/mol. The third-order valence-electron chi connectivity index (χ3n) is 17.5. The summed E-state index contributed by atoms with van der Waals surface area (Å²) in [5, 5.41) is 0. The summed E-state index contributed by atoms with van der Waals surface area (Å²) in [6.07, 6.45) is -4.74. The van der Waals surface area contributed by atoms with E-state index in [9.17, 15) is 0 Å². The van der Waals surface area contributed by atoms with Crippen molar-refractivity contribution in [3.63, 3.8) is 0 Å². The quantitative estimate of drug-likeness (QED) is 0.115. The van der Waals surface area contributed by atoms with Crippen molar-refractivity contribution in [2.45, 2.75) is 25.4 Å². The Morgan fingerprint density at radius 2 is 0.625 bits per heavy atom. The van der Waals surface area contributed by atoms with E-state index in [0.29, 0.717) is 11.1 Å². The molecule has 0 aliphatic heterocycles. The Hall–Kier alpha value is -10.8. The number of rotatable bonds is 13. The molecule has 0 atom stereocenters. The second-order valence-electron chi connectivity index (χ2n) is 22.6. The van der Waals surface area contributed by atoms with Crippen molar-refractivity contribution in [2.24, 2.45) is 0 Å². The number of hydrogen-bond donors (Lipinski definition) is 0. The molecule has 88 heavy (non-hydrogen) atoms. The first-order chi connectivity index (χ1) is 43.1. The van der Waals surface area contributed by atoms with Crippen LogP contribution in [0.25, 0.3) is 100 Å². The molecule has 13 aromatic carbocycles. The maximum absolute atomic E-state index is 15.5. The monoisotopic (exact) mass is 1140 g/mol. The molecule has 424 valence electrons. The van der Waals surface area contributed by atoms with Crippen LogP contribution in [0.4, 0.5) is 13.2 Å². The van der Waals surface area contributed by atoms with Crippen molar-refractivity contribution in [3.8, 4) is 117 Å². The normalized spacial score (nSPS) is 12.3. The van der Waals surface area contributed by atoms with E-state index in [2.05, 4.69) is 238 Å². The second kappa shape index (κ2) is 22.9. The van der Waals surface area contributed by atoms with Gasteiger partial charge in [0.05, 0.1) is 18.1 Å². The van der Waals surface area contributed by atoms with Crippen molar-refractivity contribution in [3.05, 3.63) is 342 Å². The smallest absolute Gasteiger partial charge is 0.420 e. The molecule has 0 bridgehead atoms. The number of methoxy groups -OCH3 is 1. The molecule has 1 aliphatic rings. The molecular formula is C83H59F3O2. The molecular weight excluding hydrogens is 1090 g/mol. The van der Waals surface area contributed by atoms with Crippen molar-refractivity contribution >= 4 is 0 Å². The lowest BCUT2D eigenvalue weighted by Gasteiger charge is -2.34. The van der Waals surface area contributed by atoms with Gasteiger partial charge in [0, 0.05) is 0 Å². The lowest BCUT2D eigenvalue weighted by molar-refractivity contribution is -0.138. The third kappa shape index (κ3) is 9.85. The molecule has 0 amide bonds. The first kappa shape index (κ1) is 55.1. The summed E-state index contributed by atoms with van der Waals surface area (Å²) in [5.74, 6) is 0.734. The van der Waals surface area contributed by atoms with Crippen LogP contribution in [0.2, 0.25) is 0 Å². The topological polar surface area (TPSA) is 18.5 Å². The van der Waals surface area contributed by atoms with Gasteiger partial charge in [0.2, 0.25) is 0 Å². The van der Waals surface area contributed by atoms with Crippen molar-refractivity contribution in [1.82, 2.24) is 0 Å². The van der Waals surface area contributed by atoms with Gasteiger partial charge in [-0.1, -0.05) is 267 Å². The minimum absolute atomic E-state index is 0.282. The van der Waals surface area contributed by atoms with Crippen LogP contribution >= 0.6 is 0 Å². The lowest BCUT2D eigenvalue weighted by Crippen LogP contribution is -2.28. The van der Waals surface area contributed by atoms with E-state index in [0.717, 1.165) is 117 Å². The standard InChI is InChI=1S/C83H59F3O2/c1-54-32-33-64(52-55(54)2)56-34-38-62(39-35-56)80-76(58-20-8-4-9-21-58)78(60-24-12-6-13-25-60)81(79(61-26-14-7-15-27-61)77(80)59-22-10-5-11-23-59)63-40-36-57(37-41-63)65-42-51-75(74(53-65)83(84,85)86)88-69-49-45-67(46-50-69)82(66-43-47-68(87-3)48-44-66)72-30-18-16-28-70(72)71-29-17-19-31-73(71)82/h4-53H,1-3H3. The summed E-state index contributed by atoms with van der Waals surface area (Å²) in [6, 6.07) is 103. The molecule has 0 saturated heterocycles. The van der Waals surface area contributed by atoms with E-state index in [4.69, 9.17) is 9.47 Å². The number of ether oxygens (including phenoxy) is 2. The first-order valence-corrected chi connectivity index (χ1v) is 29.6. The average Bonchev–Trinajstić information content (AvgIpc) is 2.04. The number of halogens is 3. The van der Waals surface area contributed by atoms with Gasteiger partial charge in [-0.05, 0) is 184 Å². The zero-order valence-electron chi connectivity index (χ0n) is 48.8. The Morgan fingerprint density at radius 1 is 0.295 bits per heavy atom. The highest BCUT2D eigenvalue weighted by Gasteiger charge is 2.46. The fourth-order valence-electron chi connectivity index (χ4n) is 13.3. The van der Waals surface area contributed by atoms with Gasteiger partial charge in [-0.2, -0.15) is 13.2 Å². The van der Waals surface area contributed by atoms with E-state index in [1.165, 1.54) is 23.3 Å². The largest absolute Gasteiger partial charge is 0.497 e. The van der Waals surface area contributed by atoms with Crippen molar-refractivity contribution in [1.29, 1.82) is 0 Å². The zero-order valence-corrected chi connectivity index (χ0v) is 48.8. The minimum Gasteiger partial charge on any atom is -0.497 e. The second-order valence-corrected chi connectivity index (χ2v) is 22.6. The molecule has 2 nitrogen and oxygen atoms in total. The molecule has 0 N–H and O–H groups in total. The molecule has 0 saturated carbocycles. The number of fused-ring (bicyclic) bond motifs is 3. The van der Waals surface area contributed by atoms with Gasteiger partial charge in [-0.15, -0.1) is 0 Å². The summed E-state index contributed by atoms with van der Waals surface area (Å²) < 4.78 is 58.4. The van der Waals surface area contributed by atoms with Gasteiger partial charge in [-0.3, -0.25) is 0 Å². The SMILES string of the molecule is COc1ccc(C2(c3ccc(Oc4ccc(-c5ccc(-c6c(-c7ccccc7)c(-c7ccccc7)c(-c7ccc(-c8ccc(C)c(C)c8)cc7)c(-c7ccccc7)c6-c6ccccc6)cc5)cc4C(F)(F)F)cc3)c3ccccc3-c3ccccc32)cc1. The van der Waals surface area contributed by atoms with Crippen LogP contribution in [0.15, 0.2) is 303 Å². The fourth-order valence-corrected chi connectivity index (χ4v) is 13.3. The van der Waals surface area contributed by atoms with Crippen molar-refractivity contribution in [2.75, 3.05) is 7.11 Å². The maximum atomic E-state index is 15.5. The van der Waals surface area contributed by atoms with Crippen LogP contribution in [-0.2, 0) is 11.6 Å². The lowest BCUT2D eigenvalue weighted by atomic mass is 9.68. The Balaban J connectivity index is 0.898. The predicted molar refractivity (Wildman–Crippen MR) is 355 cm³/mol. The van der Waals surface area contributed by atoms with Gasteiger partial charge in [0.15, 0.2) is 0 Å². The number of aryl methyl sites for hydroxylation is 2. The molecule has 13 aromatic rings. The van der Waals surface area contributed by atoms with Gasteiger partial charge in [-0.25, -0.2) is 0 Å². The van der Waals surface area contributed by atoms with Gasteiger partial charge >= 0.3 is 6.18 Å². The number of alkyl halides is 3. The molecule has 0 radical (unpaired) electrons. The summed E-state index contributed by atoms with van der Waals surface area (Å²) in [7, 11) is 1.65. The van der Waals surface area contributed by atoms with Gasteiger partial charge in [0.25, 0.3) is 0 Å². The van der Waals surface area contributed by atoms with Crippen LogP contribution in [-0.4, -0.2) is 7.11 Å². The molecule has 0 heterocycles. The third-order valence-corrected chi connectivity index (χ3v) is 17.5. The number of benzene rings is 13. The highest BCUT2D eigenvalue weighted by molar-refractivity contribution is 6.15. The summed E-state index contributed by atoms with van der Waals surface area (Å²) in [4.78, 5) is 0. The van der Waals surface area contributed by atoms with E-state index in [1.54, 1.807) is 25.3 Å². The summed E-state index contributed by atoms with van der Waals surface area (Å²) in [5.41, 5.74) is 23.1. The highest BCUT2D eigenvalue weighted by Crippen LogP contribution is 2.58. The Labute approximate surface area is 512 Å². The first-order valence-electron chi connectivity index (χ1n) is 29.6. The van der Waals surface area contributed by atoms with Gasteiger partial charge in [0.1, 0.15) is 17.2 Å². The number of hydrogen-bond acceptors (Lipinski definition) is 2. The Morgan fingerprint density at radius 3 is 1.01 bits per heavy atom. The van der Waals surface area contributed by atoms with Gasteiger partial charge < -0.3 is 9.47 Å². The van der Waals surface area contributed by atoms with E-state index >= 15 is 13.2 Å². The maximum Gasteiger partial charge on any atom is 0.420 e. The van der Waals surface area contributed by atoms with Crippen LogP contribution in [0.3, 0.4) is 0 Å². The predicted octanol–water partition coefficient (Wildman–Crippen LogP) is 22.8. The van der Waals surface area contributed by atoms with E-state index in [1.807, 2.05) is 48.5 Å². The molecule has 1 aliphatic carbocycles. The fraction of sp³-hybridized carbons (Fsp3) is 0.0602. The Kier molecular flexibility index (Phi) is 14.4.